The molecule has 0 radical (unpaired) electrons. The monoisotopic (exact) mass is 453 g/mol. The van der Waals surface area contributed by atoms with E-state index in [1.165, 1.54) is 12.1 Å². The Kier molecular flexibility index (Phi) is 4.11. The molecular weight excluding hydrogens is 433 g/mol. The van der Waals surface area contributed by atoms with Crippen molar-refractivity contribution >= 4 is 40.7 Å². The third-order valence-corrected chi connectivity index (χ3v) is 7.91. The Balaban J connectivity index is 1.56. The minimum atomic E-state index is -1.19. The molecule has 6 nitrogen and oxygen atoms in total. The number of para-hydroxylation sites is 1. The summed E-state index contributed by atoms with van der Waals surface area (Å²) in [6, 6.07) is 11.2. The Labute approximate surface area is 189 Å². The van der Waals surface area contributed by atoms with Gasteiger partial charge in [0.25, 0.3) is 5.91 Å². The number of carbonyl (C=O) groups is 3. The number of hydrogen-bond acceptors (Lipinski definition) is 4. The predicted molar refractivity (Wildman–Crippen MR) is 117 cm³/mol. The van der Waals surface area contributed by atoms with Gasteiger partial charge >= 0.3 is 0 Å². The van der Waals surface area contributed by atoms with Crippen molar-refractivity contribution in [3.05, 3.63) is 58.9 Å². The van der Waals surface area contributed by atoms with Crippen molar-refractivity contribution in [2.45, 2.75) is 31.3 Å². The molecule has 164 valence electrons. The molecule has 3 amide bonds. The summed E-state index contributed by atoms with van der Waals surface area (Å²) < 4.78 is 13.7. The number of anilines is 2. The second-order valence-electron chi connectivity index (χ2n) is 8.85. The third kappa shape index (κ3) is 2.16. The first-order valence-corrected chi connectivity index (χ1v) is 11.3. The van der Waals surface area contributed by atoms with Gasteiger partial charge < -0.3 is 4.90 Å². The molecule has 4 aliphatic heterocycles. The largest absolute Gasteiger partial charge is 0.310 e. The molecule has 0 unspecified atom stereocenters. The van der Waals surface area contributed by atoms with Gasteiger partial charge in [-0.15, -0.1) is 0 Å². The molecule has 1 spiro atoms. The maximum Gasteiger partial charge on any atom is 0.253 e. The van der Waals surface area contributed by atoms with Crippen molar-refractivity contribution in [2.75, 3.05) is 22.9 Å². The van der Waals surface area contributed by atoms with E-state index in [9.17, 15) is 18.8 Å². The van der Waals surface area contributed by atoms with E-state index in [-0.39, 0.29) is 28.6 Å². The summed E-state index contributed by atoms with van der Waals surface area (Å²) in [5.74, 6) is -2.96. The van der Waals surface area contributed by atoms with Crippen LogP contribution in [0.25, 0.3) is 0 Å². The topological polar surface area (TPSA) is 60.9 Å². The Morgan fingerprint density at radius 2 is 1.91 bits per heavy atom. The van der Waals surface area contributed by atoms with Crippen LogP contribution < -0.4 is 9.80 Å². The summed E-state index contributed by atoms with van der Waals surface area (Å²) in [7, 11) is 0. The average Bonchev–Trinajstić information content (AvgIpc) is 3.48. The molecule has 4 heterocycles. The predicted octanol–water partition coefficient (Wildman–Crippen LogP) is 3.32. The molecule has 3 saturated heterocycles. The lowest BCUT2D eigenvalue weighted by molar-refractivity contribution is -0.137. The fourth-order valence-corrected chi connectivity index (χ4v) is 6.71. The first kappa shape index (κ1) is 19.9. The highest BCUT2D eigenvalue weighted by Gasteiger charge is 2.75. The number of fused-ring (bicyclic) bond motifs is 7. The molecule has 0 bridgehead atoms. The quantitative estimate of drug-likeness (QED) is 0.654. The van der Waals surface area contributed by atoms with Crippen LogP contribution in [0.5, 0.6) is 0 Å². The van der Waals surface area contributed by atoms with Gasteiger partial charge in [0.2, 0.25) is 11.8 Å². The minimum absolute atomic E-state index is 0.138. The number of imide groups is 1. The smallest absolute Gasteiger partial charge is 0.253 e. The van der Waals surface area contributed by atoms with Gasteiger partial charge in [-0.25, -0.2) is 9.29 Å². The van der Waals surface area contributed by atoms with Crippen molar-refractivity contribution < 1.29 is 18.8 Å². The molecule has 32 heavy (non-hydrogen) atoms. The highest BCUT2D eigenvalue weighted by molar-refractivity contribution is 6.32. The van der Waals surface area contributed by atoms with Gasteiger partial charge in [0.15, 0.2) is 0 Å². The zero-order valence-corrected chi connectivity index (χ0v) is 18.2. The van der Waals surface area contributed by atoms with E-state index in [2.05, 4.69) is 4.90 Å². The number of rotatable bonds is 2. The zero-order valence-electron chi connectivity index (χ0n) is 17.4. The molecule has 0 N–H and O–H groups in total. The summed E-state index contributed by atoms with van der Waals surface area (Å²) in [6.45, 7) is 3.06. The normalized spacial score (nSPS) is 31.1. The number of carbonyl (C=O) groups excluding carboxylic acids is 3. The molecule has 0 saturated carbocycles. The highest BCUT2D eigenvalue weighted by Crippen LogP contribution is 2.61. The third-order valence-electron chi connectivity index (χ3n) is 7.62. The van der Waals surface area contributed by atoms with Crippen LogP contribution in [-0.4, -0.2) is 41.8 Å². The van der Waals surface area contributed by atoms with Gasteiger partial charge in [-0.2, -0.15) is 0 Å². The van der Waals surface area contributed by atoms with Crippen molar-refractivity contribution in [1.82, 2.24) is 4.90 Å². The standard InChI is InChI=1S/C24H21ClFN3O3/c1-2-27-17-7-4-3-6-14(17)24(23(27)32)20-19(18-8-5-11-28(18)24)21(30)29(22(20)31)13-9-10-16(26)15(25)12-13/h3-4,6-7,9-10,12,18-20H,2,5,8,11H2,1H3/t18-,19-,20+,24+/m1/s1. The number of amides is 3. The minimum Gasteiger partial charge on any atom is -0.310 e. The number of nitrogens with zero attached hydrogens (tertiary/aromatic N) is 3. The van der Waals surface area contributed by atoms with Gasteiger partial charge in [0.05, 0.1) is 22.5 Å². The number of hydrogen-bond donors (Lipinski definition) is 0. The van der Waals surface area contributed by atoms with Gasteiger partial charge in [-0.3, -0.25) is 19.3 Å². The first-order valence-electron chi connectivity index (χ1n) is 10.9. The number of halogens is 2. The summed E-state index contributed by atoms with van der Waals surface area (Å²) >= 11 is 5.95. The van der Waals surface area contributed by atoms with Crippen LogP contribution in [0.1, 0.15) is 25.3 Å². The average molecular weight is 454 g/mol. The van der Waals surface area contributed by atoms with E-state index < -0.39 is 29.1 Å². The molecule has 4 aliphatic rings. The Morgan fingerprint density at radius 1 is 1.12 bits per heavy atom. The Hall–Kier alpha value is -2.77. The van der Waals surface area contributed by atoms with Gasteiger partial charge in [0, 0.05) is 23.8 Å². The molecule has 6 rings (SSSR count). The molecule has 0 aliphatic carbocycles. The molecule has 3 fully saturated rings. The molecule has 8 heteroatoms. The molecule has 4 atom stereocenters. The number of benzene rings is 2. The lowest BCUT2D eigenvalue weighted by Crippen LogP contribution is -2.56. The lowest BCUT2D eigenvalue weighted by Gasteiger charge is -2.37. The second kappa shape index (κ2) is 6.62. The molecule has 2 aromatic carbocycles. The van der Waals surface area contributed by atoms with Crippen molar-refractivity contribution in [3.8, 4) is 0 Å². The molecular formula is C24H21ClFN3O3. The van der Waals surface area contributed by atoms with Crippen molar-refractivity contribution in [3.63, 3.8) is 0 Å². The van der Waals surface area contributed by atoms with E-state index in [1.807, 2.05) is 31.2 Å². The fraction of sp³-hybridized carbons (Fsp3) is 0.375. The van der Waals surface area contributed by atoms with Crippen LogP contribution in [0, 0.1) is 17.7 Å². The maximum atomic E-state index is 14.0. The van der Waals surface area contributed by atoms with E-state index in [4.69, 9.17) is 11.6 Å². The van der Waals surface area contributed by atoms with Crippen molar-refractivity contribution in [1.29, 1.82) is 0 Å². The molecule has 2 aromatic rings. The number of likely N-dealkylation sites (N-methyl/N-ethyl adjacent to an activating group) is 1. The van der Waals surface area contributed by atoms with Crippen LogP contribution in [0.4, 0.5) is 15.8 Å². The second-order valence-corrected chi connectivity index (χ2v) is 9.26. The van der Waals surface area contributed by atoms with E-state index in [0.29, 0.717) is 13.1 Å². The van der Waals surface area contributed by atoms with E-state index in [1.54, 1.807) is 4.90 Å². The van der Waals surface area contributed by atoms with Crippen LogP contribution in [0.2, 0.25) is 5.02 Å². The fourth-order valence-electron chi connectivity index (χ4n) is 6.53. The van der Waals surface area contributed by atoms with E-state index in [0.717, 1.165) is 35.1 Å². The maximum absolute atomic E-state index is 14.0. The summed E-state index contributed by atoms with van der Waals surface area (Å²) in [6.07, 6.45) is 1.61. The van der Waals surface area contributed by atoms with Crippen LogP contribution in [0.3, 0.4) is 0 Å². The van der Waals surface area contributed by atoms with Crippen LogP contribution >= 0.6 is 11.6 Å². The SMILES string of the molecule is CCN1C(=O)[C@]2(c3ccccc31)[C@@H]1C(=O)N(c3ccc(F)c(Cl)c3)C(=O)[C@@H]1[C@H]1CCCN12. The Morgan fingerprint density at radius 3 is 2.66 bits per heavy atom. The van der Waals surface area contributed by atoms with E-state index >= 15 is 0 Å². The summed E-state index contributed by atoms with van der Waals surface area (Å²) in [4.78, 5) is 46.6. The van der Waals surface area contributed by atoms with Gasteiger partial charge in [0.1, 0.15) is 11.4 Å². The summed E-state index contributed by atoms with van der Waals surface area (Å²) in [5, 5.41) is -0.156. The highest BCUT2D eigenvalue weighted by atomic mass is 35.5. The molecule has 0 aromatic heterocycles. The zero-order chi connectivity index (χ0) is 22.4. The lowest BCUT2D eigenvalue weighted by atomic mass is 9.75. The van der Waals surface area contributed by atoms with Crippen LogP contribution in [0.15, 0.2) is 42.5 Å². The first-order chi connectivity index (χ1) is 15.4. The van der Waals surface area contributed by atoms with Crippen molar-refractivity contribution in [2.24, 2.45) is 11.8 Å². The summed E-state index contributed by atoms with van der Waals surface area (Å²) in [5.41, 5.74) is 0.650. The van der Waals surface area contributed by atoms with Gasteiger partial charge in [-0.1, -0.05) is 29.8 Å². The van der Waals surface area contributed by atoms with Crippen LogP contribution in [-0.2, 0) is 19.9 Å². The Bertz CT molecular complexity index is 1200. The van der Waals surface area contributed by atoms with Gasteiger partial charge in [-0.05, 0) is 50.6 Å².